The number of aromatic hydroxyl groups is 1. The van der Waals surface area contributed by atoms with Crippen molar-refractivity contribution in [1.82, 2.24) is 94.6 Å². The Morgan fingerprint density at radius 2 is 0.902 bits per heavy atom. The summed E-state index contributed by atoms with van der Waals surface area (Å²) in [6, 6.07) is 2.18. The Kier molecular flexibility index (Phi) is 38.7. The van der Waals surface area contributed by atoms with Crippen molar-refractivity contribution in [3.63, 3.8) is 0 Å². The first kappa shape index (κ1) is 97.8. The van der Waals surface area contributed by atoms with Crippen molar-refractivity contribution in [2.45, 2.75) is 204 Å². The molecule has 666 valence electrons. The predicted molar refractivity (Wildman–Crippen MR) is 448 cm³/mol. The lowest BCUT2D eigenvalue weighted by Crippen LogP contribution is -2.61. The lowest BCUT2D eigenvalue weighted by molar-refractivity contribution is -0.143. The molecule has 2 aromatic heterocycles. The van der Waals surface area contributed by atoms with Gasteiger partial charge in [0.25, 0.3) is 0 Å². The van der Waals surface area contributed by atoms with Crippen LogP contribution in [0.3, 0.4) is 0 Å². The molecule has 1 aliphatic rings. The van der Waals surface area contributed by atoms with E-state index in [4.69, 9.17) is 33.8 Å². The number of rotatable bonds is 49. The van der Waals surface area contributed by atoms with Crippen LogP contribution in [0.2, 0.25) is 0 Å². The van der Waals surface area contributed by atoms with Gasteiger partial charge in [-0.2, -0.15) is 0 Å². The minimum Gasteiger partial charge on any atom is -0.508 e. The van der Waals surface area contributed by atoms with Crippen molar-refractivity contribution in [2.75, 3.05) is 45.9 Å². The molecule has 0 aliphatic carbocycles. The Bertz CT molecular complexity index is 4500. The van der Waals surface area contributed by atoms with Gasteiger partial charge in [0.15, 0.2) is 11.9 Å². The number of phenols is 1. The third kappa shape index (κ3) is 30.4. The van der Waals surface area contributed by atoms with Crippen LogP contribution < -0.4 is 103 Å². The van der Waals surface area contributed by atoms with Crippen molar-refractivity contribution in [3.05, 3.63) is 102 Å². The van der Waals surface area contributed by atoms with Crippen molar-refractivity contribution in [2.24, 2.45) is 34.8 Å². The zero-order chi connectivity index (χ0) is 90.0. The topological polar surface area (TPSA) is 684 Å². The number of amides is 14. The van der Waals surface area contributed by atoms with E-state index in [-0.39, 0.29) is 103 Å². The zero-order valence-electron chi connectivity index (χ0n) is 69.4. The van der Waals surface area contributed by atoms with Gasteiger partial charge in [-0.05, 0) is 138 Å². The number of hydrogen-bond donors (Lipinski definition) is 26. The van der Waals surface area contributed by atoms with Crippen LogP contribution in [0.25, 0.3) is 21.8 Å². The Morgan fingerprint density at radius 3 is 1.42 bits per heavy atom. The molecule has 30 N–H and O–H groups in total. The molecule has 122 heavy (non-hydrogen) atoms. The van der Waals surface area contributed by atoms with Gasteiger partial charge >= 0.3 is 5.97 Å². The quantitative estimate of drug-likeness (QED) is 0.00989. The standard InChI is InChI=1S/C80H118N24O18/c1-41(2)64(75(118)94-45(7)78(121)122)102-67(110)44(6)93-73(116)60(40-105)101-76(119)65(42(3)4)103-74(117)61-24-16-32-104(61)77(120)56(23-15-31-88-80(85)86)98-66(109)43(5)92-69(112)55(22-14-30-87-79(83)84)95-63(108)39-91-68(111)54(21-12-13-29-81)97-70(113)57(33-46-25-27-49(106)28-26-46)99-72(115)59(35-48-38-90-53-20-11-9-18-51(48)53)100-71(114)58(96-62(107)36-82)34-47-37-89-52-19-10-8-17-50(47)52/h8-11,17-20,25-28,37-38,41-45,54-61,64-65,89-90,105-106H,12-16,21-24,29-36,39-40,81-82H2,1-7H3,(H,91,111)(H,92,112)(H,93,116)(H,94,118)(H,95,108)(H,96,107)(H,97,113)(H,98,109)(H,99,115)(H,100,114)(H,101,119)(H,102,110)(H,103,117)(H,121,122)(H4,83,84,87)(H4,85,86,88)/t43-,44-,45-,54-,55-,56-,57-,58-,59-,60-,61-,64-,65-/m0/s1. The second-order valence-electron chi connectivity index (χ2n) is 30.6. The molecule has 1 fully saturated rings. The maximum atomic E-state index is 15.1. The fourth-order valence-electron chi connectivity index (χ4n) is 13.5. The summed E-state index contributed by atoms with van der Waals surface area (Å²) in [5.41, 5.74) is 25.8. The fourth-order valence-corrected chi connectivity index (χ4v) is 13.5. The average molecular weight is 1700 g/mol. The van der Waals surface area contributed by atoms with Crippen LogP contribution in [0.15, 0.2) is 85.2 Å². The van der Waals surface area contributed by atoms with E-state index >= 15 is 4.79 Å². The van der Waals surface area contributed by atoms with Crippen LogP contribution in [-0.2, 0) is 91.2 Å². The van der Waals surface area contributed by atoms with Gasteiger partial charge < -0.3 is 133 Å². The van der Waals surface area contributed by atoms with Gasteiger partial charge in [0, 0.05) is 73.1 Å². The number of nitrogens with one attached hydrogen (secondary N) is 19. The molecule has 3 aromatic carbocycles. The number of aromatic nitrogens is 2. The number of carboxylic acids is 1. The van der Waals surface area contributed by atoms with E-state index in [2.05, 4.69) is 89.7 Å². The number of unbranched alkanes of at least 4 members (excludes halogenated alkanes) is 1. The van der Waals surface area contributed by atoms with Crippen LogP contribution >= 0.6 is 0 Å². The number of benzene rings is 3. The molecule has 0 spiro atoms. The number of likely N-dealkylation sites (tertiary alicyclic amines) is 1. The lowest BCUT2D eigenvalue weighted by Gasteiger charge is -2.31. The van der Waals surface area contributed by atoms with E-state index < -0.39 is 211 Å². The van der Waals surface area contributed by atoms with Gasteiger partial charge in [0.1, 0.15) is 84.3 Å². The largest absolute Gasteiger partial charge is 0.508 e. The van der Waals surface area contributed by atoms with E-state index in [1.54, 1.807) is 46.2 Å². The van der Waals surface area contributed by atoms with Crippen LogP contribution in [0.5, 0.6) is 5.75 Å². The summed E-state index contributed by atoms with van der Waals surface area (Å²) in [7, 11) is 0. The molecule has 13 atom stereocenters. The number of carbonyl (C=O) groups excluding carboxylic acids is 14. The van der Waals surface area contributed by atoms with E-state index in [1.807, 2.05) is 42.5 Å². The first-order chi connectivity index (χ1) is 57.9. The molecule has 42 nitrogen and oxygen atoms in total. The number of aromatic amines is 2. The smallest absolute Gasteiger partial charge is 0.325 e. The van der Waals surface area contributed by atoms with Gasteiger partial charge in [-0.3, -0.25) is 82.7 Å². The number of H-pyrrole nitrogens is 2. The van der Waals surface area contributed by atoms with Gasteiger partial charge in [-0.15, -0.1) is 0 Å². The van der Waals surface area contributed by atoms with Crippen molar-refractivity contribution in [3.8, 4) is 5.75 Å². The maximum absolute atomic E-state index is 15.1. The molecular formula is C80H118N24O18. The summed E-state index contributed by atoms with van der Waals surface area (Å²) in [6.07, 6.45) is 3.81. The molecule has 1 aliphatic heterocycles. The number of aliphatic carboxylic acids is 1. The molecule has 0 bridgehead atoms. The van der Waals surface area contributed by atoms with E-state index in [0.29, 0.717) is 34.0 Å². The fraction of sp³-hybridized carbons (Fsp3) is 0.512. The summed E-state index contributed by atoms with van der Waals surface area (Å²) in [5, 5.41) is 85.2. The van der Waals surface area contributed by atoms with Gasteiger partial charge in [0.05, 0.1) is 19.7 Å². The summed E-state index contributed by atoms with van der Waals surface area (Å²) in [6.45, 7) is 8.10. The number of nitrogens with two attached hydrogens (primary N) is 4. The highest BCUT2D eigenvalue weighted by Gasteiger charge is 2.42. The molecule has 0 unspecified atom stereocenters. The van der Waals surface area contributed by atoms with Crippen LogP contribution in [0.1, 0.15) is 123 Å². The van der Waals surface area contributed by atoms with Gasteiger partial charge in [-0.1, -0.05) is 76.2 Å². The van der Waals surface area contributed by atoms with Gasteiger partial charge in [0.2, 0.25) is 82.7 Å². The Labute approximate surface area is 704 Å². The summed E-state index contributed by atoms with van der Waals surface area (Å²) >= 11 is 0. The average Bonchev–Trinajstić information content (AvgIpc) is 1.62. The van der Waals surface area contributed by atoms with Crippen LogP contribution in [0, 0.1) is 22.7 Å². The molecule has 5 aromatic rings. The van der Waals surface area contributed by atoms with E-state index in [9.17, 15) is 82.4 Å². The first-order valence-corrected chi connectivity index (χ1v) is 40.4. The normalized spacial score (nSPS) is 15.4. The number of aliphatic hydroxyl groups is 1. The number of para-hydroxylation sites is 2. The van der Waals surface area contributed by atoms with E-state index in [0.717, 1.165) is 10.9 Å². The third-order valence-corrected chi connectivity index (χ3v) is 20.3. The minimum absolute atomic E-state index is 0.0103. The maximum Gasteiger partial charge on any atom is 0.325 e. The Morgan fingerprint density at radius 1 is 0.467 bits per heavy atom. The number of carboxylic acid groups (broad SMARTS) is 1. The van der Waals surface area contributed by atoms with Crippen LogP contribution in [0.4, 0.5) is 0 Å². The molecule has 42 heteroatoms. The Hall–Kier alpha value is -13.0. The number of hydrogen-bond acceptors (Lipinski definition) is 21. The highest BCUT2D eigenvalue weighted by Crippen LogP contribution is 2.24. The highest BCUT2D eigenvalue weighted by molar-refractivity contribution is 6.01. The first-order valence-electron chi connectivity index (χ1n) is 40.4. The number of nitrogens with zero attached hydrogens (tertiary/aromatic N) is 1. The van der Waals surface area contributed by atoms with Gasteiger partial charge in [-0.25, -0.2) is 0 Å². The molecule has 0 radical (unpaired) electrons. The zero-order valence-corrected chi connectivity index (χ0v) is 69.4. The number of phenolic OH excluding ortho intramolecular Hbond substituents is 1. The lowest BCUT2D eigenvalue weighted by atomic mass is 10.00. The molecule has 1 saturated heterocycles. The Balaban J connectivity index is 1.15. The summed E-state index contributed by atoms with van der Waals surface area (Å²) in [5.74, 6) is -15.5. The van der Waals surface area contributed by atoms with Crippen molar-refractivity contribution >= 4 is 122 Å². The van der Waals surface area contributed by atoms with E-state index in [1.165, 1.54) is 49.9 Å². The predicted octanol–water partition coefficient (Wildman–Crippen LogP) is -4.63. The number of fused-ring (bicyclic) bond motifs is 2. The summed E-state index contributed by atoms with van der Waals surface area (Å²) < 4.78 is 0. The molecule has 0 saturated carbocycles. The highest BCUT2D eigenvalue weighted by atomic mass is 16.4. The monoisotopic (exact) mass is 1700 g/mol. The number of carbonyl (C=O) groups is 15. The molecule has 3 heterocycles. The molecule has 14 amide bonds. The van der Waals surface area contributed by atoms with Crippen molar-refractivity contribution < 1.29 is 87.2 Å². The van der Waals surface area contributed by atoms with Crippen LogP contribution in [-0.4, -0.2) is 255 Å². The second-order valence-corrected chi connectivity index (χ2v) is 30.6. The van der Waals surface area contributed by atoms with Crippen molar-refractivity contribution in [1.29, 1.82) is 10.8 Å². The molecule has 6 rings (SSSR count). The minimum atomic E-state index is -1.69. The third-order valence-electron chi connectivity index (χ3n) is 20.3. The SMILES string of the molecule is CC(C)[C@H](NC(=O)[C@H](C)NC(=O)[C@H](CO)NC(=O)[C@@H](NC(=O)[C@@H]1CCCN1C(=O)[C@H](CCCNC(=N)N)NC(=O)[C@H](C)NC(=O)[C@H](CCCNC(=N)N)NC(=O)CNC(=O)[C@H](CCCCN)NC(=O)[C@H](Cc1ccc(O)cc1)NC(=O)[C@H](Cc1c[nH]c2ccccc12)NC(=O)[C@H](Cc1c[nH]c2ccccc12)NC(=O)CN)C(C)C)C(=O)N[C@@H](C)C(=O)O. The number of aliphatic hydroxyl groups excluding tert-OH is 1. The second kappa shape index (κ2) is 48.3. The number of guanidine groups is 2. The molecular weight excluding hydrogens is 1590 g/mol. The summed E-state index contributed by atoms with van der Waals surface area (Å²) in [4.78, 5) is 216.